The van der Waals surface area contributed by atoms with E-state index in [1.807, 2.05) is 0 Å². The number of rotatable bonds is 4. The Morgan fingerprint density at radius 2 is 1.80 bits per heavy atom. The highest BCUT2D eigenvalue weighted by Gasteiger charge is 2.09. The van der Waals surface area contributed by atoms with Crippen molar-refractivity contribution in [3.63, 3.8) is 0 Å². The third-order valence-corrected chi connectivity index (χ3v) is 3.47. The summed E-state index contributed by atoms with van der Waals surface area (Å²) < 4.78 is 5.53. The summed E-state index contributed by atoms with van der Waals surface area (Å²) in [6.45, 7) is 0.186. The van der Waals surface area contributed by atoms with Gasteiger partial charge in [-0.25, -0.2) is 4.79 Å². The summed E-state index contributed by atoms with van der Waals surface area (Å²) in [7, 11) is 0. The highest BCUT2D eigenvalue weighted by atomic mass is 35.5. The molecule has 3 nitrogen and oxygen atoms in total. The van der Waals surface area contributed by atoms with E-state index in [0.29, 0.717) is 15.8 Å². The molecule has 0 aromatic heterocycles. The molecule has 0 fully saturated rings. The molecule has 0 unspecified atom stereocenters. The first-order valence-electron chi connectivity index (χ1n) is 5.57. The third kappa shape index (κ3) is 3.57. The molecule has 104 valence electrons. The van der Waals surface area contributed by atoms with E-state index < -0.39 is 5.97 Å². The topological polar surface area (TPSA) is 46.5 Å². The Morgan fingerprint density at radius 1 is 1.05 bits per heavy atom. The summed E-state index contributed by atoms with van der Waals surface area (Å²) in [6.07, 6.45) is 0. The molecule has 0 saturated heterocycles. The summed E-state index contributed by atoms with van der Waals surface area (Å²) >= 11 is 17.9. The molecule has 2 aromatic carbocycles. The molecule has 0 aliphatic heterocycles. The van der Waals surface area contributed by atoms with Crippen LogP contribution in [0.4, 0.5) is 0 Å². The molecule has 2 aromatic rings. The van der Waals surface area contributed by atoms with Crippen molar-refractivity contribution >= 4 is 40.8 Å². The van der Waals surface area contributed by atoms with Gasteiger partial charge in [-0.05, 0) is 36.4 Å². The van der Waals surface area contributed by atoms with Crippen molar-refractivity contribution in [1.82, 2.24) is 0 Å². The van der Waals surface area contributed by atoms with Crippen molar-refractivity contribution in [2.75, 3.05) is 0 Å². The second-order valence-corrected chi connectivity index (χ2v) is 5.23. The van der Waals surface area contributed by atoms with E-state index >= 15 is 0 Å². The number of hydrogen-bond acceptors (Lipinski definition) is 2. The maximum Gasteiger partial charge on any atom is 0.335 e. The molecule has 0 heterocycles. The fraction of sp³-hybridized carbons (Fsp3) is 0.0714. The van der Waals surface area contributed by atoms with E-state index in [0.717, 1.165) is 5.56 Å². The first-order chi connectivity index (χ1) is 9.47. The zero-order valence-corrected chi connectivity index (χ0v) is 12.3. The molecule has 1 N–H and O–H groups in total. The number of hydrogen-bond donors (Lipinski definition) is 1. The van der Waals surface area contributed by atoms with Crippen LogP contribution in [0.3, 0.4) is 0 Å². The molecule has 0 aliphatic rings. The van der Waals surface area contributed by atoms with Gasteiger partial charge in [0.15, 0.2) is 0 Å². The maximum atomic E-state index is 10.8. The Kier molecular flexibility index (Phi) is 4.76. The lowest BCUT2D eigenvalue weighted by Gasteiger charge is -2.10. The van der Waals surface area contributed by atoms with E-state index in [1.54, 1.807) is 18.2 Å². The number of carboxylic acid groups (broad SMARTS) is 1. The monoisotopic (exact) mass is 330 g/mol. The molecule has 0 saturated carbocycles. The minimum Gasteiger partial charge on any atom is -0.487 e. The van der Waals surface area contributed by atoms with Gasteiger partial charge in [0.05, 0.1) is 10.6 Å². The first kappa shape index (κ1) is 15.0. The van der Waals surface area contributed by atoms with Crippen LogP contribution in [0.2, 0.25) is 15.1 Å². The van der Waals surface area contributed by atoms with Gasteiger partial charge in [0.2, 0.25) is 0 Å². The normalized spacial score (nSPS) is 10.3. The molecule has 0 radical (unpaired) electrons. The average Bonchev–Trinajstić information content (AvgIpc) is 2.40. The SMILES string of the molecule is O=C(O)c1ccc(OCc2cc(Cl)ccc2Cl)c(Cl)c1. The highest BCUT2D eigenvalue weighted by Crippen LogP contribution is 2.28. The zero-order valence-electron chi connectivity index (χ0n) is 10.1. The molecular formula is C14H9Cl3O3. The Bertz CT molecular complexity index is 656. The lowest BCUT2D eigenvalue weighted by atomic mass is 10.2. The van der Waals surface area contributed by atoms with Gasteiger partial charge in [0.25, 0.3) is 0 Å². The first-order valence-corrected chi connectivity index (χ1v) is 6.70. The quantitative estimate of drug-likeness (QED) is 0.864. The van der Waals surface area contributed by atoms with Crippen LogP contribution in [-0.4, -0.2) is 11.1 Å². The van der Waals surface area contributed by atoms with E-state index in [-0.39, 0.29) is 17.2 Å². The van der Waals surface area contributed by atoms with Crippen LogP contribution in [0.25, 0.3) is 0 Å². The van der Waals surface area contributed by atoms with Crippen LogP contribution in [0.15, 0.2) is 36.4 Å². The summed E-state index contributed by atoms with van der Waals surface area (Å²) in [5, 5.41) is 10.2. The molecule has 0 atom stereocenters. The number of benzene rings is 2. The fourth-order valence-electron chi connectivity index (χ4n) is 1.56. The van der Waals surface area contributed by atoms with Crippen LogP contribution in [0.1, 0.15) is 15.9 Å². The summed E-state index contributed by atoms with van der Waals surface area (Å²) in [5.41, 5.74) is 0.820. The van der Waals surface area contributed by atoms with Crippen molar-refractivity contribution in [3.8, 4) is 5.75 Å². The smallest absolute Gasteiger partial charge is 0.335 e. The Morgan fingerprint density at radius 3 is 2.45 bits per heavy atom. The van der Waals surface area contributed by atoms with Gasteiger partial charge in [0, 0.05) is 15.6 Å². The lowest BCUT2D eigenvalue weighted by Crippen LogP contribution is -1.99. The Labute approximate surface area is 130 Å². The predicted octanol–water partition coefficient (Wildman–Crippen LogP) is 4.92. The van der Waals surface area contributed by atoms with Gasteiger partial charge in [-0.15, -0.1) is 0 Å². The summed E-state index contributed by atoms with van der Waals surface area (Å²) in [4.78, 5) is 10.8. The van der Waals surface area contributed by atoms with Crippen molar-refractivity contribution in [1.29, 1.82) is 0 Å². The summed E-state index contributed by atoms with van der Waals surface area (Å²) in [6, 6.07) is 9.31. The maximum absolute atomic E-state index is 10.8. The van der Waals surface area contributed by atoms with Crippen LogP contribution >= 0.6 is 34.8 Å². The number of ether oxygens (including phenoxy) is 1. The minimum absolute atomic E-state index is 0.100. The van der Waals surface area contributed by atoms with Crippen molar-refractivity contribution in [3.05, 3.63) is 62.6 Å². The van der Waals surface area contributed by atoms with Crippen molar-refractivity contribution < 1.29 is 14.6 Å². The van der Waals surface area contributed by atoms with Gasteiger partial charge >= 0.3 is 5.97 Å². The van der Waals surface area contributed by atoms with Gasteiger partial charge in [-0.3, -0.25) is 0 Å². The highest BCUT2D eigenvalue weighted by molar-refractivity contribution is 6.33. The van der Waals surface area contributed by atoms with Gasteiger partial charge in [-0.1, -0.05) is 34.8 Å². The Balaban J connectivity index is 2.15. The van der Waals surface area contributed by atoms with Crippen LogP contribution in [0, 0.1) is 0 Å². The van der Waals surface area contributed by atoms with E-state index in [1.165, 1.54) is 18.2 Å². The largest absolute Gasteiger partial charge is 0.487 e. The molecular weight excluding hydrogens is 323 g/mol. The van der Waals surface area contributed by atoms with Crippen LogP contribution in [0.5, 0.6) is 5.75 Å². The third-order valence-electron chi connectivity index (χ3n) is 2.57. The van der Waals surface area contributed by atoms with Crippen molar-refractivity contribution in [2.45, 2.75) is 6.61 Å². The number of halogens is 3. The second kappa shape index (κ2) is 6.35. The number of carboxylic acids is 1. The summed E-state index contributed by atoms with van der Waals surface area (Å²) in [5.74, 6) is -0.663. The Hall–Kier alpha value is -1.42. The van der Waals surface area contributed by atoms with Crippen molar-refractivity contribution in [2.24, 2.45) is 0 Å². The molecule has 2 rings (SSSR count). The van der Waals surface area contributed by atoms with Gasteiger partial charge < -0.3 is 9.84 Å². The standard InChI is InChI=1S/C14H9Cl3O3/c15-10-2-3-11(16)9(5-10)7-20-13-4-1-8(14(18)19)6-12(13)17/h1-6H,7H2,(H,18,19). The number of carbonyl (C=O) groups is 1. The van der Waals surface area contributed by atoms with Crippen LogP contribution in [-0.2, 0) is 6.61 Å². The molecule has 0 amide bonds. The molecule has 6 heteroatoms. The fourth-order valence-corrected chi connectivity index (χ4v) is 2.16. The molecule has 20 heavy (non-hydrogen) atoms. The van der Waals surface area contributed by atoms with E-state index in [9.17, 15) is 4.79 Å². The zero-order chi connectivity index (χ0) is 14.7. The molecule has 0 aliphatic carbocycles. The van der Waals surface area contributed by atoms with Crippen LogP contribution < -0.4 is 4.74 Å². The van der Waals surface area contributed by atoms with Gasteiger partial charge in [-0.2, -0.15) is 0 Å². The average molecular weight is 332 g/mol. The van der Waals surface area contributed by atoms with E-state index in [2.05, 4.69) is 0 Å². The number of aromatic carboxylic acids is 1. The second-order valence-electron chi connectivity index (χ2n) is 3.97. The lowest BCUT2D eigenvalue weighted by molar-refractivity contribution is 0.0697. The minimum atomic E-state index is -1.05. The molecule has 0 spiro atoms. The molecule has 0 bridgehead atoms. The van der Waals surface area contributed by atoms with Gasteiger partial charge in [0.1, 0.15) is 12.4 Å². The predicted molar refractivity (Wildman–Crippen MR) is 79.2 cm³/mol. The van der Waals surface area contributed by atoms with E-state index in [4.69, 9.17) is 44.6 Å².